The minimum absolute atomic E-state index is 0.0876. The highest BCUT2D eigenvalue weighted by molar-refractivity contribution is 4.90. The molecular weight excluding hydrogens is 166 g/mol. The zero-order valence-electron chi connectivity index (χ0n) is 8.28. The number of hydrogen-bond acceptors (Lipinski definition) is 3. The highest BCUT2D eigenvalue weighted by atomic mass is 16.5. The van der Waals surface area contributed by atoms with E-state index in [9.17, 15) is 5.11 Å². The maximum absolute atomic E-state index is 9.50. The van der Waals surface area contributed by atoms with Crippen molar-refractivity contribution in [1.29, 1.82) is 0 Å². The number of ether oxygens (including phenoxy) is 1. The van der Waals surface area contributed by atoms with Crippen LogP contribution in [0.2, 0.25) is 0 Å². The summed E-state index contributed by atoms with van der Waals surface area (Å²) in [4.78, 5) is 2.42. The predicted molar refractivity (Wildman–Crippen MR) is 50.6 cm³/mol. The molecule has 3 nitrogen and oxygen atoms in total. The van der Waals surface area contributed by atoms with Crippen LogP contribution in [0.1, 0.15) is 25.7 Å². The van der Waals surface area contributed by atoms with Crippen LogP contribution in [0.5, 0.6) is 0 Å². The smallest absolute Gasteiger partial charge is 0.0667 e. The van der Waals surface area contributed by atoms with E-state index in [2.05, 4.69) is 4.90 Å². The van der Waals surface area contributed by atoms with Gasteiger partial charge < -0.3 is 9.84 Å². The van der Waals surface area contributed by atoms with Crippen LogP contribution in [0.25, 0.3) is 0 Å². The number of β-amino-alcohol motifs (C(OH)–C–C–N with tert-alkyl or cyclic N) is 1. The standard InChI is InChI=1S/C10H19NO2/c1-13-10-5-8(6-10)11-4-2-3-9(12)7-11/h8-10,12H,2-7H2,1H3/t8?,9-,10?/m1/s1. The van der Waals surface area contributed by atoms with Gasteiger partial charge in [0, 0.05) is 19.7 Å². The van der Waals surface area contributed by atoms with E-state index >= 15 is 0 Å². The lowest BCUT2D eigenvalue weighted by atomic mass is 9.86. The monoisotopic (exact) mass is 185 g/mol. The highest BCUT2D eigenvalue weighted by Crippen LogP contribution is 2.29. The third-order valence-corrected chi connectivity index (χ3v) is 3.35. The fourth-order valence-electron chi connectivity index (χ4n) is 2.34. The molecule has 0 amide bonds. The minimum Gasteiger partial charge on any atom is -0.392 e. The first-order chi connectivity index (χ1) is 6.29. The molecule has 3 heteroatoms. The Labute approximate surface area is 79.7 Å². The first-order valence-electron chi connectivity index (χ1n) is 5.24. The van der Waals surface area contributed by atoms with E-state index in [0.717, 1.165) is 38.8 Å². The van der Waals surface area contributed by atoms with Gasteiger partial charge in [-0.25, -0.2) is 0 Å². The lowest BCUT2D eigenvalue weighted by molar-refractivity contribution is -0.0503. The molecule has 76 valence electrons. The second-order valence-electron chi connectivity index (χ2n) is 4.27. The summed E-state index contributed by atoms with van der Waals surface area (Å²) in [5.41, 5.74) is 0. The number of hydrogen-bond donors (Lipinski definition) is 1. The molecular formula is C10H19NO2. The zero-order valence-corrected chi connectivity index (χ0v) is 8.28. The molecule has 2 fully saturated rings. The van der Waals surface area contributed by atoms with Gasteiger partial charge in [0.05, 0.1) is 12.2 Å². The minimum atomic E-state index is -0.0876. The number of nitrogens with zero attached hydrogens (tertiary/aromatic N) is 1. The molecule has 1 heterocycles. The average Bonchev–Trinajstić information content (AvgIpc) is 2.02. The maximum atomic E-state index is 9.50. The van der Waals surface area contributed by atoms with Crippen molar-refractivity contribution in [3.05, 3.63) is 0 Å². The number of aliphatic hydroxyl groups is 1. The molecule has 2 aliphatic rings. The molecule has 1 N–H and O–H groups in total. The van der Waals surface area contributed by atoms with Crippen molar-refractivity contribution in [2.75, 3.05) is 20.2 Å². The van der Waals surface area contributed by atoms with E-state index in [4.69, 9.17) is 4.74 Å². The largest absolute Gasteiger partial charge is 0.392 e. The third-order valence-electron chi connectivity index (χ3n) is 3.35. The van der Waals surface area contributed by atoms with Crippen LogP contribution in [-0.2, 0) is 4.74 Å². The molecule has 1 aliphatic heterocycles. The Morgan fingerprint density at radius 1 is 1.38 bits per heavy atom. The Morgan fingerprint density at radius 2 is 2.15 bits per heavy atom. The van der Waals surface area contributed by atoms with Crippen LogP contribution in [0, 0.1) is 0 Å². The van der Waals surface area contributed by atoms with Gasteiger partial charge in [-0.1, -0.05) is 0 Å². The van der Waals surface area contributed by atoms with Crippen molar-refractivity contribution < 1.29 is 9.84 Å². The van der Waals surface area contributed by atoms with Crippen molar-refractivity contribution in [2.45, 2.75) is 43.9 Å². The fraction of sp³-hybridized carbons (Fsp3) is 1.00. The zero-order chi connectivity index (χ0) is 9.26. The molecule has 1 aliphatic carbocycles. The van der Waals surface area contributed by atoms with Gasteiger partial charge in [-0.3, -0.25) is 4.90 Å². The SMILES string of the molecule is COC1CC(N2CCC[C@@H](O)C2)C1. The third kappa shape index (κ3) is 2.03. The van der Waals surface area contributed by atoms with E-state index in [1.54, 1.807) is 7.11 Å². The van der Waals surface area contributed by atoms with Crippen LogP contribution in [-0.4, -0.2) is 48.5 Å². The first kappa shape index (κ1) is 9.44. The van der Waals surface area contributed by atoms with Gasteiger partial charge in [-0.05, 0) is 32.2 Å². The van der Waals surface area contributed by atoms with Gasteiger partial charge in [0.15, 0.2) is 0 Å². The number of rotatable bonds is 2. The summed E-state index contributed by atoms with van der Waals surface area (Å²) in [6.07, 6.45) is 4.83. The topological polar surface area (TPSA) is 32.7 Å². The molecule has 0 aromatic rings. The van der Waals surface area contributed by atoms with E-state index in [1.165, 1.54) is 0 Å². The van der Waals surface area contributed by atoms with Gasteiger partial charge in [-0.2, -0.15) is 0 Å². The number of piperidine rings is 1. The lowest BCUT2D eigenvalue weighted by Gasteiger charge is -2.44. The van der Waals surface area contributed by atoms with Crippen molar-refractivity contribution in [1.82, 2.24) is 4.90 Å². The molecule has 0 aromatic heterocycles. The average molecular weight is 185 g/mol. The van der Waals surface area contributed by atoms with Gasteiger partial charge >= 0.3 is 0 Å². The Bertz CT molecular complexity index is 168. The van der Waals surface area contributed by atoms with Gasteiger partial charge in [0.2, 0.25) is 0 Å². The van der Waals surface area contributed by atoms with Crippen molar-refractivity contribution in [2.24, 2.45) is 0 Å². The molecule has 1 atom stereocenters. The second-order valence-corrected chi connectivity index (χ2v) is 4.27. The first-order valence-corrected chi connectivity index (χ1v) is 5.24. The molecule has 0 bridgehead atoms. The molecule has 2 rings (SSSR count). The number of aliphatic hydroxyl groups excluding tert-OH is 1. The van der Waals surface area contributed by atoms with E-state index in [0.29, 0.717) is 12.1 Å². The van der Waals surface area contributed by atoms with Gasteiger partial charge in [0.25, 0.3) is 0 Å². The normalized spacial score (nSPS) is 41.5. The summed E-state index contributed by atoms with van der Waals surface area (Å²) < 4.78 is 5.24. The Morgan fingerprint density at radius 3 is 2.77 bits per heavy atom. The van der Waals surface area contributed by atoms with E-state index in [1.807, 2.05) is 0 Å². The van der Waals surface area contributed by atoms with E-state index < -0.39 is 0 Å². The predicted octanol–water partition coefficient (Wildman–Crippen LogP) is 0.620. The quantitative estimate of drug-likeness (QED) is 0.684. The van der Waals surface area contributed by atoms with Crippen molar-refractivity contribution in [3.8, 4) is 0 Å². The molecule has 13 heavy (non-hydrogen) atoms. The molecule has 1 saturated heterocycles. The van der Waals surface area contributed by atoms with Crippen LogP contribution in [0.3, 0.4) is 0 Å². The highest BCUT2D eigenvalue weighted by Gasteiger charge is 2.35. The van der Waals surface area contributed by atoms with Gasteiger partial charge in [-0.15, -0.1) is 0 Å². The van der Waals surface area contributed by atoms with Crippen molar-refractivity contribution in [3.63, 3.8) is 0 Å². The van der Waals surface area contributed by atoms with Crippen LogP contribution < -0.4 is 0 Å². The van der Waals surface area contributed by atoms with E-state index in [-0.39, 0.29) is 6.10 Å². The number of methoxy groups -OCH3 is 1. The molecule has 0 spiro atoms. The summed E-state index contributed by atoms with van der Waals surface area (Å²) in [6, 6.07) is 0.680. The fourth-order valence-corrected chi connectivity index (χ4v) is 2.34. The summed E-state index contributed by atoms with van der Waals surface area (Å²) >= 11 is 0. The van der Waals surface area contributed by atoms with Crippen LogP contribution >= 0.6 is 0 Å². The molecule has 0 radical (unpaired) electrons. The molecule has 0 unspecified atom stereocenters. The van der Waals surface area contributed by atoms with Gasteiger partial charge in [0.1, 0.15) is 0 Å². The summed E-state index contributed by atoms with van der Waals surface area (Å²) in [5.74, 6) is 0. The van der Waals surface area contributed by atoms with Crippen LogP contribution in [0.15, 0.2) is 0 Å². The Kier molecular flexibility index (Phi) is 2.86. The Balaban J connectivity index is 1.75. The van der Waals surface area contributed by atoms with Crippen LogP contribution in [0.4, 0.5) is 0 Å². The molecule has 1 saturated carbocycles. The molecule has 0 aromatic carbocycles. The van der Waals surface area contributed by atoms with Crippen molar-refractivity contribution >= 4 is 0 Å². The summed E-state index contributed by atoms with van der Waals surface area (Å²) in [5, 5.41) is 9.50. The second kappa shape index (κ2) is 3.95. The lowest BCUT2D eigenvalue weighted by Crippen LogP contribution is -2.52. The number of likely N-dealkylation sites (tertiary alicyclic amines) is 1. The Hall–Kier alpha value is -0.120. The summed E-state index contributed by atoms with van der Waals surface area (Å²) in [6.45, 7) is 2.04. The summed E-state index contributed by atoms with van der Waals surface area (Å²) in [7, 11) is 1.78. The maximum Gasteiger partial charge on any atom is 0.0667 e.